The Bertz CT molecular complexity index is 460. The highest BCUT2D eigenvalue weighted by Crippen LogP contribution is 2.19. The van der Waals surface area contributed by atoms with Crippen molar-refractivity contribution >= 4 is 11.9 Å². The molecule has 1 fully saturated rings. The van der Waals surface area contributed by atoms with Crippen molar-refractivity contribution in [3.63, 3.8) is 0 Å². The highest BCUT2D eigenvalue weighted by molar-refractivity contribution is 5.84. The summed E-state index contributed by atoms with van der Waals surface area (Å²) in [5.41, 5.74) is 0.936. The Hall–Kier alpha value is -1.88. The number of hydrogen-bond donors (Lipinski definition) is 1. The van der Waals surface area contributed by atoms with Gasteiger partial charge in [0, 0.05) is 6.54 Å². The number of carbonyl (C=O) groups excluding carboxylic acids is 1. The van der Waals surface area contributed by atoms with Gasteiger partial charge in [-0.1, -0.05) is 30.3 Å². The Morgan fingerprint density at radius 2 is 2.05 bits per heavy atom. The molecule has 0 radical (unpaired) electrons. The van der Waals surface area contributed by atoms with Crippen molar-refractivity contribution < 1.29 is 19.4 Å². The van der Waals surface area contributed by atoms with Crippen molar-refractivity contribution in [1.82, 2.24) is 4.90 Å². The first kappa shape index (κ1) is 13.5. The molecule has 0 bridgehead atoms. The molecule has 1 aromatic carbocycles. The van der Waals surface area contributed by atoms with Crippen molar-refractivity contribution in [2.24, 2.45) is 0 Å². The van der Waals surface area contributed by atoms with Crippen LogP contribution in [-0.2, 0) is 14.3 Å². The van der Waals surface area contributed by atoms with Crippen LogP contribution in [-0.4, -0.2) is 47.7 Å². The van der Waals surface area contributed by atoms with Gasteiger partial charge in [-0.2, -0.15) is 0 Å². The molecule has 2 atom stereocenters. The molecule has 0 spiro atoms. The highest BCUT2D eigenvalue weighted by atomic mass is 16.5. The number of carboxylic acid groups (broad SMARTS) is 1. The topological polar surface area (TPSA) is 66.8 Å². The van der Waals surface area contributed by atoms with Crippen LogP contribution in [0.25, 0.3) is 0 Å². The van der Waals surface area contributed by atoms with Gasteiger partial charge in [0.05, 0.1) is 19.1 Å². The maximum atomic E-state index is 12.3. The Kier molecular flexibility index (Phi) is 4.16. The lowest BCUT2D eigenvalue weighted by atomic mass is 9.99. The molecule has 1 unspecified atom stereocenters. The number of morpholine rings is 1. The second-order valence-corrected chi connectivity index (χ2v) is 4.61. The van der Waals surface area contributed by atoms with E-state index in [1.54, 1.807) is 4.90 Å². The van der Waals surface area contributed by atoms with E-state index >= 15 is 0 Å². The van der Waals surface area contributed by atoms with Crippen LogP contribution in [0.5, 0.6) is 0 Å². The summed E-state index contributed by atoms with van der Waals surface area (Å²) in [5, 5.41) is 8.93. The van der Waals surface area contributed by atoms with Crippen molar-refractivity contribution in [2.75, 3.05) is 19.7 Å². The van der Waals surface area contributed by atoms with E-state index in [1.165, 1.54) is 0 Å². The number of rotatable bonds is 3. The second-order valence-electron chi connectivity index (χ2n) is 4.61. The average molecular weight is 263 g/mol. The van der Waals surface area contributed by atoms with Crippen LogP contribution < -0.4 is 0 Å². The van der Waals surface area contributed by atoms with E-state index in [9.17, 15) is 9.59 Å². The maximum absolute atomic E-state index is 12.3. The van der Waals surface area contributed by atoms with Gasteiger partial charge in [-0.25, -0.2) is 4.79 Å². The van der Waals surface area contributed by atoms with Crippen LogP contribution in [0.4, 0.5) is 0 Å². The molecule has 1 saturated heterocycles. The smallest absolute Gasteiger partial charge is 0.334 e. The van der Waals surface area contributed by atoms with Gasteiger partial charge in [-0.15, -0.1) is 0 Å². The Morgan fingerprint density at radius 3 is 2.68 bits per heavy atom. The number of hydrogen-bond acceptors (Lipinski definition) is 3. The first-order valence-corrected chi connectivity index (χ1v) is 6.27. The molecule has 1 amide bonds. The summed E-state index contributed by atoms with van der Waals surface area (Å²) in [5.74, 6) is -1.35. The zero-order chi connectivity index (χ0) is 13.8. The van der Waals surface area contributed by atoms with Gasteiger partial charge in [-0.3, -0.25) is 4.79 Å². The molecular formula is C14H17NO4. The van der Waals surface area contributed by atoms with Crippen LogP contribution in [0.1, 0.15) is 18.4 Å². The monoisotopic (exact) mass is 263 g/mol. The molecule has 0 aromatic heterocycles. The van der Waals surface area contributed by atoms with E-state index in [0.29, 0.717) is 6.54 Å². The predicted octanol–water partition coefficient (Wildman–Crippen LogP) is 1.10. The van der Waals surface area contributed by atoms with Crippen molar-refractivity contribution in [3.05, 3.63) is 35.9 Å². The van der Waals surface area contributed by atoms with E-state index < -0.39 is 12.1 Å². The summed E-state index contributed by atoms with van der Waals surface area (Å²) in [6.45, 7) is 2.66. The molecule has 1 N–H and O–H groups in total. The normalized spacial score (nSPS) is 20.9. The summed E-state index contributed by atoms with van der Waals surface area (Å²) < 4.78 is 5.11. The third kappa shape index (κ3) is 3.12. The van der Waals surface area contributed by atoms with Crippen LogP contribution in [0.3, 0.4) is 0 Å². The third-order valence-corrected chi connectivity index (χ3v) is 3.32. The molecule has 1 heterocycles. The molecule has 19 heavy (non-hydrogen) atoms. The first-order valence-electron chi connectivity index (χ1n) is 6.27. The zero-order valence-electron chi connectivity index (χ0n) is 10.8. The van der Waals surface area contributed by atoms with Gasteiger partial charge in [0.1, 0.15) is 0 Å². The molecule has 102 valence electrons. The van der Waals surface area contributed by atoms with Crippen LogP contribution in [0, 0.1) is 0 Å². The van der Waals surface area contributed by atoms with Crippen molar-refractivity contribution in [1.29, 1.82) is 0 Å². The maximum Gasteiger partial charge on any atom is 0.334 e. The lowest BCUT2D eigenvalue weighted by Crippen LogP contribution is -2.49. The van der Waals surface area contributed by atoms with Crippen molar-refractivity contribution in [3.8, 4) is 0 Å². The standard InChI is InChI=1S/C14H17NO4/c1-10(11-5-3-2-4-6-11)13(16)15-7-8-19-12(9-15)14(17)18/h2-6,10,12H,7-9H2,1H3,(H,17,18)/t10-,12?/m1/s1. The van der Waals surface area contributed by atoms with Gasteiger partial charge in [-0.05, 0) is 12.5 Å². The number of ether oxygens (including phenoxy) is 1. The van der Waals surface area contributed by atoms with E-state index in [4.69, 9.17) is 9.84 Å². The minimum atomic E-state index is -1.02. The number of benzene rings is 1. The summed E-state index contributed by atoms with van der Waals surface area (Å²) in [4.78, 5) is 24.8. The lowest BCUT2D eigenvalue weighted by Gasteiger charge is -2.32. The van der Waals surface area contributed by atoms with Gasteiger partial charge >= 0.3 is 5.97 Å². The number of carbonyl (C=O) groups is 2. The summed E-state index contributed by atoms with van der Waals surface area (Å²) in [7, 11) is 0. The van der Waals surface area contributed by atoms with Gasteiger partial charge in [0.15, 0.2) is 6.10 Å². The van der Waals surface area contributed by atoms with Gasteiger partial charge < -0.3 is 14.7 Å². The quantitative estimate of drug-likeness (QED) is 0.887. The van der Waals surface area contributed by atoms with Crippen LogP contribution in [0.15, 0.2) is 30.3 Å². The summed E-state index contributed by atoms with van der Waals surface area (Å²) in [6.07, 6.45) is -0.916. The Labute approximate surface area is 111 Å². The molecular weight excluding hydrogens is 246 g/mol. The number of aliphatic carboxylic acids is 1. The molecule has 1 aliphatic rings. The van der Waals surface area contributed by atoms with Crippen LogP contribution in [0.2, 0.25) is 0 Å². The molecule has 5 nitrogen and oxygen atoms in total. The third-order valence-electron chi connectivity index (χ3n) is 3.32. The fraction of sp³-hybridized carbons (Fsp3) is 0.429. The minimum absolute atomic E-state index is 0.0549. The van der Waals surface area contributed by atoms with E-state index in [2.05, 4.69) is 0 Å². The summed E-state index contributed by atoms with van der Waals surface area (Å²) >= 11 is 0. The minimum Gasteiger partial charge on any atom is -0.479 e. The number of carboxylic acids is 1. The fourth-order valence-electron chi connectivity index (χ4n) is 2.16. The molecule has 0 aliphatic carbocycles. The molecule has 2 rings (SSSR count). The predicted molar refractivity (Wildman–Crippen MR) is 68.8 cm³/mol. The fourth-order valence-corrected chi connectivity index (χ4v) is 2.16. The van der Waals surface area contributed by atoms with Crippen molar-refractivity contribution in [2.45, 2.75) is 18.9 Å². The molecule has 1 aliphatic heterocycles. The molecule has 1 aromatic rings. The second kappa shape index (κ2) is 5.84. The Morgan fingerprint density at radius 1 is 1.37 bits per heavy atom. The van der Waals surface area contributed by atoms with E-state index in [1.807, 2.05) is 37.3 Å². The van der Waals surface area contributed by atoms with Crippen LogP contribution >= 0.6 is 0 Å². The SMILES string of the molecule is C[C@@H](C(=O)N1CCOC(C(=O)O)C1)c1ccccc1. The highest BCUT2D eigenvalue weighted by Gasteiger charge is 2.31. The zero-order valence-corrected chi connectivity index (χ0v) is 10.8. The van der Waals surface area contributed by atoms with E-state index in [0.717, 1.165) is 5.56 Å². The van der Waals surface area contributed by atoms with E-state index in [-0.39, 0.29) is 25.0 Å². The molecule has 5 heteroatoms. The van der Waals surface area contributed by atoms with Gasteiger partial charge in [0.25, 0.3) is 0 Å². The first-order chi connectivity index (χ1) is 9.09. The number of amides is 1. The number of nitrogens with zero attached hydrogens (tertiary/aromatic N) is 1. The average Bonchev–Trinajstić information content (AvgIpc) is 2.46. The lowest BCUT2D eigenvalue weighted by molar-refractivity contribution is -0.159. The van der Waals surface area contributed by atoms with Gasteiger partial charge in [0.2, 0.25) is 5.91 Å². The Balaban J connectivity index is 2.05. The molecule has 0 saturated carbocycles. The summed E-state index contributed by atoms with van der Waals surface area (Å²) in [6, 6.07) is 9.47. The largest absolute Gasteiger partial charge is 0.479 e.